The highest BCUT2D eigenvalue weighted by Gasteiger charge is 2.19. The summed E-state index contributed by atoms with van der Waals surface area (Å²) in [6.45, 7) is 1.81. The molecule has 0 bridgehead atoms. The third-order valence-electron chi connectivity index (χ3n) is 3.45. The molecular formula is C15H18N4O3. The summed E-state index contributed by atoms with van der Waals surface area (Å²) in [6.07, 6.45) is 0.398. The maximum absolute atomic E-state index is 12.3. The predicted octanol–water partition coefficient (Wildman–Crippen LogP) is 0.903. The number of para-hydroxylation sites is 2. The first kappa shape index (κ1) is 15.6. The average molecular weight is 302 g/mol. The van der Waals surface area contributed by atoms with Crippen molar-refractivity contribution in [1.82, 2.24) is 9.13 Å². The molecule has 1 aromatic heterocycles. The molecule has 1 heterocycles. The number of nitrogens with zero attached hydrogens (tertiary/aromatic N) is 3. The number of aromatic nitrogens is 2. The molecule has 0 saturated carbocycles. The van der Waals surface area contributed by atoms with Gasteiger partial charge in [-0.3, -0.25) is 18.9 Å². The molecular weight excluding hydrogens is 284 g/mol. The number of aliphatic imine (C=N–C) groups is 1. The molecule has 0 radical (unpaired) electrons. The van der Waals surface area contributed by atoms with E-state index in [-0.39, 0.29) is 5.56 Å². The Labute approximate surface area is 127 Å². The molecule has 0 fully saturated rings. The van der Waals surface area contributed by atoms with E-state index in [1.807, 2.05) is 6.92 Å². The first-order valence-corrected chi connectivity index (χ1v) is 6.79. The Bertz CT molecular complexity index is 862. The van der Waals surface area contributed by atoms with Crippen LogP contribution in [0.1, 0.15) is 18.9 Å². The van der Waals surface area contributed by atoms with Gasteiger partial charge in [0.15, 0.2) is 0 Å². The van der Waals surface area contributed by atoms with Gasteiger partial charge in [-0.25, -0.2) is 4.79 Å². The number of nitrogens with two attached hydrogens (primary N) is 1. The van der Waals surface area contributed by atoms with Gasteiger partial charge < -0.3 is 10.8 Å². The Morgan fingerprint density at radius 3 is 2.45 bits per heavy atom. The van der Waals surface area contributed by atoms with Gasteiger partial charge in [-0.15, -0.1) is 0 Å². The van der Waals surface area contributed by atoms with Crippen molar-refractivity contribution in [3.8, 4) is 5.88 Å². The number of hydrogen-bond acceptors (Lipinski definition) is 5. The van der Waals surface area contributed by atoms with Gasteiger partial charge in [-0.2, -0.15) is 0 Å². The van der Waals surface area contributed by atoms with Crippen molar-refractivity contribution in [2.75, 3.05) is 5.73 Å². The minimum Gasteiger partial charge on any atom is -0.494 e. The number of aromatic hydroxyl groups is 1. The summed E-state index contributed by atoms with van der Waals surface area (Å²) in [5.41, 5.74) is 6.02. The van der Waals surface area contributed by atoms with Gasteiger partial charge in [0.25, 0.3) is 5.56 Å². The van der Waals surface area contributed by atoms with Crippen LogP contribution in [-0.4, -0.2) is 20.0 Å². The predicted molar refractivity (Wildman–Crippen MR) is 85.9 cm³/mol. The standard InChI is InChI=1S/C15H18N4O3/c1-4-10(17-11-8-6-5-7-9(11)16)12-13(20)18(2)15(22)19(3)14(12)21/h5-8,20H,4,16H2,1-3H3. The van der Waals surface area contributed by atoms with Crippen LogP contribution in [0.25, 0.3) is 0 Å². The fourth-order valence-electron chi connectivity index (χ4n) is 2.13. The van der Waals surface area contributed by atoms with E-state index in [1.165, 1.54) is 14.1 Å². The van der Waals surface area contributed by atoms with Crippen LogP contribution in [-0.2, 0) is 14.1 Å². The van der Waals surface area contributed by atoms with Gasteiger partial charge in [0.2, 0.25) is 5.88 Å². The first-order valence-electron chi connectivity index (χ1n) is 6.79. The molecule has 116 valence electrons. The topological polar surface area (TPSA) is 103 Å². The quantitative estimate of drug-likeness (QED) is 0.649. The summed E-state index contributed by atoms with van der Waals surface area (Å²) in [5, 5.41) is 10.2. The van der Waals surface area contributed by atoms with Crippen molar-refractivity contribution < 1.29 is 5.11 Å². The summed E-state index contributed by atoms with van der Waals surface area (Å²) in [4.78, 5) is 28.5. The Kier molecular flexibility index (Phi) is 4.16. The lowest BCUT2D eigenvalue weighted by atomic mass is 10.1. The smallest absolute Gasteiger partial charge is 0.333 e. The molecule has 0 spiro atoms. The van der Waals surface area contributed by atoms with Crippen molar-refractivity contribution in [2.45, 2.75) is 13.3 Å². The summed E-state index contributed by atoms with van der Waals surface area (Å²) in [6, 6.07) is 6.98. The molecule has 0 atom stereocenters. The molecule has 7 nitrogen and oxygen atoms in total. The van der Waals surface area contributed by atoms with Crippen molar-refractivity contribution in [1.29, 1.82) is 0 Å². The van der Waals surface area contributed by atoms with Crippen LogP contribution in [0.5, 0.6) is 5.88 Å². The van der Waals surface area contributed by atoms with Gasteiger partial charge in [0.1, 0.15) is 5.56 Å². The molecule has 2 rings (SSSR count). The molecule has 0 aliphatic rings. The zero-order valence-electron chi connectivity index (χ0n) is 12.7. The monoisotopic (exact) mass is 302 g/mol. The molecule has 1 aromatic carbocycles. The second-order valence-electron chi connectivity index (χ2n) is 4.88. The Morgan fingerprint density at radius 1 is 1.23 bits per heavy atom. The highest BCUT2D eigenvalue weighted by atomic mass is 16.3. The number of nitrogen functional groups attached to an aromatic ring is 1. The fourth-order valence-corrected chi connectivity index (χ4v) is 2.13. The highest BCUT2D eigenvalue weighted by molar-refractivity contribution is 6.03. The minimum absolute atomic E-state index is 0.00959. The second-order valence-corrected chi connectivity index (χ2v) is 4.88. The van der Waals surface area contributed by atoms with E-state index in [0.29, 0.717) is 23.5 Å². The summed E-state index contributed by atoms with van der Waals surface area (Å²) < 4.78 is 1.95. The van der Waals surface area contributed by atoms with Crippen LogP contribution in [0.4, 0.5) is 11.4 Å². The Balaban J connectivity index is 2.76. The van der Waals surface area contributed by atoms with Gasteiger partial charge in [-0.1, -0.05) is 19.1 Å². The normalized spacial score (nSPS) is 11.7. The molecule has 2 aromatic rings. The van der Waals surface area contributed by atoms with E-state index < -0.39 is 17.1 Å². The zero-order valence-corrected chi connectivity index (χ0v) is 12.7. The number of benzene rings is 1. The SMILES string of the molecule is CCC(=Nc1ccccc1N)c1c(O)n(C)c(=O)n(C)c1=O. The van der Waals surface area contributed by atoms with E-state index in [4.69, 9.17) is 5.73 Å². The molecule has 0 unspecified atom stereocenters. The van der Waals surface area contributed by atoms with Crippen molar-refractivity contribution in [3.63, 3.8) is 0 Å². The van der Waals surface area contributed by atoms with Crippen molar-refractivity contribution in [3.05, 3.63) is 50.7 Å². The summed E-state index contributed by atoms with van der Waals surface area (Å²) >= 11 is 0. The van der Waals surface area contributed by atoms with Crippen LogP contribution >= 0.6 is 0 Å². The molecule has 0 aliphatic carbocycles. The molecule has 0 saturated heterocycles. The molecule has 7 heteroatoms. The van der Waals surface area contributed by atoms with E-state index in [1.54, 1.807) is 24.3 Å². The van der Waals surface area contributed by atoms with E-state index in [2.05, 4.69) is 4.99 Å². The maximum Gasteiger partial charge on any atom is 0.333 e. The lowest BCUT2D eigenvalue weighted by Gasteiger charge is -2.12. The molecule has 0 amide bonds. The van der Waals surface area contributed by atoms with Gasteiger partial charge in [-0.05, 0) is 18.6 Å². The second kappa shape index (κ2) is 5.88. The van der Waals surface area contributed by atoms with Crippen LogP contribution in [0, 0.1) is 0 Å². The van der Waals surface area contributed by atoms with Crippen molar-refractivity contribution in [2.24, 2.45) is 19.1 Å². The zero-order chi connectivity index (χ0) is 16.4. The minimum atomic E-state index is -0.596. The lowest BCUT2D eigenvalue weighted by Crippen LogP contribution is -2.40. The van der Waals surface area contributed by atoms with Crippen LogP contribution in [0.3, 0.4) is 0 Å². The van der Waals surface area contributed by atoms with Gasteiger partial charge in [0.05, 0.1) is 17.1 Å². The van der Waals surface area contributed by atoms with Crippen LogP contribution in [0.2, 0.25) is 0 Å². The number of anilines is 1. The van der Waals surface area contributed by atoms with Gasteiger partial charge in [0, 0.05) is 14.1 Å². The molecule has 0 aliphatic heterocycles. The third kappa shape index (κ3) is 2.52. The fraction of sp³-hybridized carbons (Fsp3) is 0.267. The summed E-state index contributed by atoms with van der Waals surface area (Å²) in [7, 11) is 2.75. The van der Waals surface area contributed by atoms with E-state index in [0.717, 1.165) is 9.13 Å². The number of hydrogen-bond donors (Lipinski definition) is 2. The third-order valence-corrected chi connectivity index (χ3v) is 3.45. The maximum atomic E-state index is 12.3. The summed E-state index contributed by atoms with van der Waals surface area (Å²) in [5.74, 6) is -0.400. The van der Waals surface area contributed by atoms with Crippen LogP contribution in [0.15, 0.2) is 38.8 Å². The highest BCUT2D eigenvalue weighted by Crippen LogP contribution is 2.23. The first-order chi connectivity index (χ1) is 10.4. The lowest BCUT2D eigenvalue weighted by molar-refractivity contribution is 0.410. The average Bonchev–Trinajstić information content (AvgIpc) is 2.52. The largest absolute Gasteiger partial charge is 0.494 e. The molecule has 22 heavy (non-hydrogen) atoms. The number of rotatable bonds is 3. The van der Waals surface area contributed by atoms with Gasteiger partial charge >= 0.3 is 5.69 Å². The van der Waals surface area contributed by atoms with E-state index in [9.17, 15) is 14.7 Å². The molecule has 3 N–H and O–H groups in total. The Morgan fingerprint density at radius 2 is 1.86 bits per heavy atom. The van der Waals surface area contributed by atoms with Crippen LogP contribution < -0.4 is 17.0 Å². The van der Waals surface area contributed by atoms with E-state index >= 15 is 0 Å². The Hall–Kier alpha value is -2.83. The van der Waals surface area contributed by atoms with Crippen molar-refractivity contribution >= 4 is 17.1 Å².